The van der Waals surface area contributed by atoms with Gasteiger partial charge in [-0.3, -0.25) is 0 Å². The van der Waals surface area contributed by atoms with E-state index in [1.807, 2.05) is 42.5 Å². The maximum Gasteiger partial charge on any atom is 0.259 e. The van der Waals surface area contributed by atoms with Gasteiger partial charge < -0.3 is 19.3 Å². The molecule has 134 valence electrons. The van der Waals surface area contributed by atoms with E-state index in [2.05, 4.69) is 20.0 Å². The normalized spacial score (nSPS) is 16.8. The van der Waals surface area contributed by atoms with Gasteiger partial charge in [-0.05, 0) is 37.1 Å². The molecule has 1 aromatic carbocycles. The standard InChI is InChI=1S/C19H20N4O3/c24-12-15-5-4-10-23(15)18-9-8-14(11-20-18)19-21-17(22-26-19)13-25-16-6-2-1-3-7-16/h1-3,6-9,11,15,24H,4-5,10,12-13H2/t15-/m0/s1. The van der Waals surface area contributed by atoms with E-state index in [4.69, 9.17) is 9.26 Å². The number of pyridine rings is 1. The molecule has 4 rings (SSSR count). The van der Waals surface area contributed by atoms with Gasteiger partial charge in [0.05, 0.1) is 18.2 Å². The van der Waals surface area contributed by atoms with Crippen molar-refractivity contribution in [3.63, 3.8) is 0 Å². The second kappa shape index (κ2) is 7.53. The highest BCUT2D eigenvalue weighted by atomic mass is 16.5. The first-order valence-electron chi connectivity index (χ1n) is 8.68. The highest BCUT2D eigenvalue weighted by molar-refractivity contribution is 5.55. The summed E-state index contributed by atoms with van der Waals surface area (Å²) >= 11 is 0. The lowest BCUT2D eigenvalue weighted by Crippen LogP contribution is -2.32. The molecule has 1 fully saturated rings. The van der Waals surface area contributed by atoms with Gasteiger partial charge in [0.2, 0.25) is 5.82 Å². The van der Waals surface area contributed by atoms with Gasteiger partial charge in [0.25, 0.3) is 5.89 Å². The number of nitrogens with zero attached hydrogens (tertiary/aromatic N) is 4. The second-order valence-corrected chi connectivity index (χ2v) is 6.19. The molecule has 0 amide bonds. The molecule has 0 bridgehead atoms. The highest BCUT2D eigenvalue weighted by Gasteiger charge is 2.24. The van der Waals surface area contributed by atoms with E-state index in [9.17, 15) is 5.11 Å². The smallest absolute Gasteiger partial charge is 0.259 e. The number of ether oxygens (including phenoxy) is 1. The van der Waals surface area contributed by atoms with Crippen LogP contribution in [0.3, 0.4) is 0 Å². The summed E-state index contributed by atoms with van der Waals surface area (Å²) in [5.41, 5.74) is 0.756. The van der Waals surface area contributed by atoms with Crippen LogP contribution in [-0.2, 0) is 6.61 Å². The maximum absolute atomic E-state index is 9.45. The number of rotatable bonds is 6. The fourth-order valence-corrected chi connectivity index (χ4v) is 3.10. The zero-order valence-electron chi connectivity index (χ0n) is 14.3. The van der Waals surface area contributed by atoms with Gasteiger partial charge in [0.15, 0.2) is 6.61 Å². The molecule has 7 nitrogen and oxygen atoms in total. The third-order valence-corrected chi connectivity index (χ3v) is 4.46. The van der Waals surface area contributed by atoms with Gasteiger partial charge in [0, 0.05) is 12.7 Å². The van der Waals surface area contributed by atoms with Crippen molar-refractivity contribution in [1.29, 1.82) is 0 Å². The van der Waals surface area contributed by atoms with Crippen molar-refractivity contribution < 1.29 is 14.4 Å². The Hall–Kier alpha value is -2.93. The van der Waals surface area contributed by atoms with Crippen molar-refractivity contribution in [3.8, 4) is 17.2 Å². The SMILES string of the molecule is OC[C@@H]1CCCN1c1ccc(-c2nc(COc3ccccc3)no2)cn1. The number of benzene rings is 1. The molecule has 1 atom stereocenters. The van der Waals surface area contributed by atoms with Crippen LogP contribution in [0.2, 0.25) is 0 Å². The van der Waals surface area contributed by atoms with Gasteiger partial charge in [-0.25, -0.2) is 4.98 Å². The summed E-state index contributed by atoms with van der Waals surface area (Å²) in [5.74, 6) is 2.51. The van der Waals surface area contributed by atoms with Crippen LogP contribution in [0.5, 0.6) is 5.75 Å². The summed E-state index contributed by atoms with van der Waals surface area (Å²) in [6, 6.07) is 13.5. The Balaban J connectivity index is 1.42. The largest absolute Gasteiger partial charge is 0.485 e. The number of anilines is 1. The molecule has 1 aliphatic rings. The Morgan fingerprint density at radius 3 is 2.85 bits per heavy atom. The molecule has 0 radical (unpaired) electrons. The quantitative estimate of drug-likeness (QED) is 0.730. The molecular formula is C19H20N4O3. The molecule has 0 aliphatic carbocycles. The highest BCUT2D eigenvalue weighted by Crippen LogP contribution is 2.25. The van der Waals surface area contributed by atoms with Gasteiger partial charge in [-0.15, -0.1) is 0 Å². The predicted molar refractivity (Wildman–Crippen MR) is 95.8 cm³/mol. The minimum atomic E-state index is 0.151. The summed E-state index contributed by atoms with van der Waals surface area (Å²) in [4.78, 5) is 11.0. The maximum atomic E-state index is 9.45. The van der Waals surface area contributed by atoms with Crippen LogP contribution in [0, 0.1) is 0 Å². The third kappa shape index (κ3) is 3.52. The van der Waals surface area contributed by atoms with Crippen molar-refractivity contribution in [2.45, 2.75) is 25.5 Å². The number of aliphatic hydroxyl groups is 1. The zero-order chi connectivity index (χ0) is 17.8. The van der Waals surface area contributed by atoms with Crippen LogP contribution in [0.4, 0.5) is 5.82 Å². The second-order valence-electron chi connectivity index (χ2n) is 6.19. The van der Waals surface area contributed by atoms with E-state index in [1.54, 1.807) is 6.20 Å². The number of hydrogen-bond acceptors (Lipinski definition) is 7. The minimum Gasteiger partial charge on any atom is -0.485 e. The van der Waals surface area contributed by atoms with Gasteiger partial charge in [-0.1, -0.05) is 23.4 Å². The van der Waals surface area contributed by atoms with E-state index in [-0.39, 0.29) is 19.3 Å². The number of aliphatic hydroxyl groups excluding tert-OH is 1. The molecule has 1 aliphatic heterocycles. The van der Waals surface area contributed by atoms with E-state index >= 15 is 0 Å². The Kier molecular flexibility index (Phi) is 4.79. The molecule has 0 spiro atoms. The van der Waals surface area contributed by atoms with Crippen LogP contribution in [0.15, 0.2) is 53.2 Å². The Bertz CT molecular complexity index is 836. The van der Waals surface area contributed by atoms with Crippen LogP contribution in [0.25, 0.3) is 11.5 Å². The predicted octanol–water partition coefficient (Wildman–Crippen LogP) is 2.67. The monoisotopic (exact) mass is 352 g/mol. The Labute approximate surface area is 151 Å². The molecule has 1 N–H and O–H groups in total. The molecular weight excluding hydrogens is 332 g/mol. The first-order chi connectivity index (χ1) is 12.8. The molecule has 0 saturated carbocycles. The lowest BCUT2D eigenvalue weighted by molar-refractivity contribution is 0.266. The van der Waals surface area contributed by atoms with Gasteiger partial charge in [0.1, 0.15) is 11.6 Å². The van der Waals surface area contributed by atoms with Crippen molar-refractivity contribution in [2.75, 3.05) is 18.1 Å². The third-order valence-electron chi connectivity index (χ3n) is 4.46. The summed E-state index contributed by atoms with van der Waals surface area (Å²) < 4.78 is 10.9. The van der Waals surface area contributed by atoms with Gasteiger partial charge in [-0.2, -0.15) is 4.98 Å². The average Bonchev–Trinajstić information content (AvgIpc) is 3.37. The van der Waals surface area contributed by atoms with Crippen LogP contribution < -0.4 is 9.64 Å². The summed E-state index contributed by atoms with van der Waals surface area (Å²) in [6.45, 7) is 1.31. The first-order valence-corrected chi connectivity index (χ1v) is 8.68. The lowest BCUT2D eigenvalue weighted by atomic mass is 10.2. The fourth-order valence-electron chi connectivity index (χ4n) is 3.10. The molecule has 2 aromatic heterocycles. The summed E-state index contributed by atoms with van der Waals surface area (Å²) in [5, 5.41) is 13.4. The van der Waals surface area contributed by atoms with E-state index in [0.29, 0.717) is 11.7 Å². The minimum absolute atomic E-state index is 0.151. The van der Waals surface area contributed by atoms with E-state index in [0.717, 1.165) is 36.5 Å². The van der Waals surface area contributed by atoms with E-state index < -0.39 is 0 Å². The topological polar surface area (TPSA) is 84.5 Å². The lowest BCUT2D eigenvalue weighted by Gasteiger charge is -2.23. The molecule has 7 heteroatoms. The zero-order valence-corrected chi connectivity index (χ0v) is 14.3. The van der Waals surface area contributed by atoms with Crippen LogP contribution in [0.1, 0.15) is 18.7 Å². The van der Waals surface area contributed by atoms with Crippen molar-refractivity contribution in [2.24, 2.45) is 0 Å². The molecule has 0 unspecified atom stereocenters. The van der Waals surface area contributed by atoms with Crippen LogP contribution >= 0.6 is 0 Å². The average molecular weight is 352 g/mol. The fraction of sp³-hybridized carbons (Fsp3) is 0.316. The number of hydrogen-bond donors (Lipinski definition) is 1. The molecule has 26 heavy (non-hydrogen) atoms. The van der Waals surface area contributed by atoms with E-state index in [1.165, 1.54) is 0 Å². The summed E-state index contributed by atoms with van der Waals surface area (Å²) in [7, 11) is 0. The van der Waals surface area contributed by atoms with Crippen molar-refractivity contribution >= 4 is 5.82 Å². The van der Waals surface area contributed by atoms with Crippen molar-refractivity contribution in [1.82, 2.24) is 15.1 Å². The Morgan fingerprint density at radius 1 is 1.19 bits per heavy atom. The summed E-state index contributed by atoms with van der Waals surface area (Å²) in [6.07, 6.45) is 3.79. The van der Waals surface area contributed by atoms with Gasteiger partial charge >= 0.3 is 0 Å². The first kappa shape index (κ1) is 16.5. The van der Waals surface area contributed by atoms with Crippen LogP contribution in [-0.4, -0.2) is 39.4 Å². The number of aromatic nitrogens is 3. The van der Waals surface area contributed by atoms with Crippen molar-refractivity contribution in [3.05, 3.63) is 54.5 Å². The molecule has 3 aromatic rings. The molecule has 3 heterocycles. The number of para-hydroxylation sites is 1. The Morgan fingerprint density at radius 2 is 2.08 bits per heavy atom. The molecule has 1 saturated heterocycles.